The van der Waals surface area contributed by atoms with E-state index in [2.05, 4.69) is 27.3 Å². The van der Waals surface area contributed by atoms with Gasteiger partial charge in [0.15, 0.2) is 0 Å². The van der Waals surface area contributed by atoms with E-state index in [1.54, 1.807) is 0 Å². The van der Waals surface area contributed by atoms with Crippen LogP contribution in [0.3, 0.4) is 0 Å². The molecule has 0 radical (unpaired) electrons. The molecule has 4 rings (SSSR count). The molecule has 0 fully saturated rings. The van der Waals surface area contributed by atoms with Gasteiger partial charge in [0.1, 0.15) is 5.54 Å². The van der Waals surface area contributed by atoms with Crippen molar-refractivity contribution in [2.75, 3.05) is 0 Å². The normalized spacial score (nSPS) is 19.1. The van der Waals surface area contributed by atoms with Crippen molar-refractivity contribution in [1.82, 2.24) is 5.32 Å². The van der Waals surface area contributed by atoms with Crippen molar-refractivity contribution in [3.8, 4) is 0 Å². The van der Waals surface area contributed by atoms with Crippen molar-refractivity contribution < 1.29 is 4.79 Å². The van der Waals surface area contributed by atoms with Gasteiger partial charge in [0.05, 0.1) is 0 Å². The smallest absolute Gasteiger partial charge is 0.252 e. The molecule has 1 aliphatic rings. The number of carbonyl (C=O) groups excluding carboxylic acids is 1. The lowest BCUT2D eigenvalue weighted by Gasteiger charge is -2.24. The SMILES string of the molecule is O=C1NC(/C=C/c2ccc(Br)cc2)(c2ccccc2)C=C1c1ccccc1. The Balaban J connectivity index is 1.80. The van der Waals surface area contributed by atoms with Gasteiger partial charge in [-0.15, -0.1) is 0 Å². The van der Waals surface area contributed by atoms with Crippen LogP contribution >= 0.6 is 15.9 Å². The summed E-state index contributed by atoms with van der Waals surface area (Å²) in [5, 5.41) is 3.19. The zero-order valence-electron chi connectivity index (χ0n) is 14.6. The molecule has 27 heavy (non-hydrogen) atoms. The zero-order chi connectivity index (χ0) is 18.7. The van der Waals surface area contributed by atoms with E-state index in [4.69, 9.17) is 0 Å². The quantitative estimate of drug-likeness (QED) is 0.592. The molecular weight excluding hydrogens is 398 g/mol. The lowest BCUT2D eigenvalue weighted by atomic mass is 9.88. The van der Waals surface area contributed by atoms with Crippen LogP contribution in [-0.4, -0.2) is 5.91 Å². The largest absolute Gasteiger partial charge is 0.335 e. The summed E-state index contributed by atoms with van der Waals surface area (Å²) in [7, 11) is 0. The first-order valence-corrected chi connectivity index (χ1v) is 9.57. The first-order valence-electron chi connectivity index (χ1n) is 8.77. The van der Waals surface area contributed by atoms with E-state index in [9.17, 15) is 4.79 Å². The summed E-state index contributed by atoms with van der Waals surface area (Å²) in [5.74, 6) is -0.0643. The molecule has 0 bridgehead atoms. The maximum Gasteiger partial charge on any atom is 0.252 e. The van der Waals surface area contributed by atoms with E-state index >= 15 is 0 Å². The molecular formula is C24H18BrNO. The average Bonchev–Trinajstić information content (AvgIpc) is 3.07. The third-order valence-corrected chi connectivity index (χ3v) is 5.21. The maximum absolute atomic E-state index is 12.8. The molecule has 132 valence electrons. The van der Waals surface area contributed by atoms with Crippen LogP contribution in [0.2, 0.25) is 0 Å². The highest BCUT2D eigenvalue weighted by Crippen LogP contribution is 2.35. The molecule has 0 saturated heterocycles. The Kier molecular flexibility index (Phi) is 4.78. The second-order valence-electron chi connectivity index (χ2n) is 6.50. The van der Waals surface area contributed by atoms with Gasteiger partial charge >= 0.3 is 0 Å². The molecule has 0 saturated carbocycles. The van der Waals surface area contributed by atoms with E-state index in [0.717, 1.165) is 21.2 Å². The number of carbonyl (C=O) groups is 1. The predicted molar refractivity (Wildman–Crippen MR) is 114 cm³/mol. The number of nitrogens with one attached hydrogen (secondary N) is 1. The molecule has 3 aromatic rings. The van der Waals surface area contributed by atoms with E-state index in [1.807, 2.05) is 97.1 Å². The van der Waals surface area contributed by atoms with Crippen LogP contribution in [0.15, 0.2) is 102 Å². The van der Waals surface area contributed by atoms with Crippen molar-refractivity contribution in [3.63, 3.8) is 0 Å². The van der Waals surface area contributed by atoms with E-state index in [1.165, 1.54) is 0 Å². The molecule has 3 aromatic carbocycles. The highest BCUT2D eigenvalue weighted by Gasteiger charge is 2.37. The van der Waals surface area contributed by atoms with Crippen LogP contribution in [0.5, 0.6) is 0 Å². The molecule has 3 heteroatoms. The third kappa shape index (κ3) is 3.64. The van der Waals surface area contributed by atoms with Crippen LogP contribution in [0.4, 0.5) is 0 Å². The second kappa shape index (κ2) is 7.37. The Hall–Kier alpha value is -2.91. The Morgan fingerprint density at radius 2 is 1.44 bits per heavy atom. The summed E-state index contributed by atoms with van der Waals surface area (Å²) in [4.78, 5) is 12.8. The van der Waals surface area contributed by atoms with Gasteiger partial charge < -0.3 is 5.32 Å². The molecule has 0 aliphatic carbocycles. The van der Waals surface area contributed by atoms with Gasteiger partial charge in [-0.2, -0.15) is 0 Å². The standard InChI is InChI=1S/C24H18BrNO/c25-21-13-11-18(12-14-21)15-16-24(20-9-5-2-6-10-20)17-22(23(27)26-24)19-7-3-1-4-8-19/h1-17H,(H,26,27)/b16-15+. The fraction of sp³-hybridized carbons (Fsp3) is 0.0417. The monoisotopic (exact) mass is 415 g/mol. The van der Waals surface area contributed by atoms with Gasteiger partial charge in [-0.25, -0.2) is 0 Å². The molecule has 1 N–H and O–H groups in total. The Morgan fingerprint density at radius 3 is 2.11 bits per heavy atom. The van der Waals surface area contributed by atoms with Gasteiger partial charge in [-0.1, -0.05) is 101 Å². The van der Waals surface area contributed by atoms with Crippen molar-refractivity contribution in [2.45, 2.75) is 5.54 Å². The third-order valence-electron chi connectivity index (χ3n) is 4.68. The van der Waals surface area contributed by atoms with Crippen molar-refractivity contribution >= 4 is 33.5 Å². The van der Waals surface area contributed by atoms with E-state index < -0.39 is 5.54 Å². The van der Waals surface area contributed by atoms with Gasteiger partial charge in [-0.3, -0.25) is 4.79 Å². The second-order valence-corrected chi connectivity index (χ2v) is 7.41. The Labute approximate surface area is 167 Å². The number of hydrogen-bond donors (Lipinski definition) is 1. The van der Waals surface area contributed by atoms with Gasteiger partial charge in [0.2, 0.25) is 0 Å². The van der Waals surface area contributed by atoms with Crippen LogP contribution in [0.1, 0.15) is 16.7 Å². The van der Waals surface area contributed by atoms with Gasteiger partial charge in [-0.05, 0) is 34.9 Å². The van der Waals surface area contributed by atoms with Crippen LogP contribution < -0.4 is 5.32 Å². The van der Waals surface area contributed by atoms with Crippen LogP contribution in [0.25, 0.3) is 11.6 Å². The molecule has 1 aliphatic heterocycles. The molecule has 1 amide bonds. The molecule has 0 spiro atoms. The summed E-state index contributed by atoms with van der Waals surface area (Å²) >= 11 is 3.46. The number of amides is 1. The molecule has 1 atom stereocenters. The summed E-state index contributed by atoms with van der Waals surface area (Å²) in [6.45, 7) is 0. The van der Waals surface area contributed by atoms with Gasteiger partial charge in [0.25, 0.3) is 5.91 Å². The van der Waals surface area contributed by atoms with Crippen LogP contribution in [-0.2, 0) is 10.3 Å². The number of benzene rings is 3. The molecule has 1 unspecified atom stereocenters. The summed E-state index contributed by atoms with van der Waals surface area (Å²) in [6, 6.07) is 27.9. The minimum atomic E-state index is -0.670. The lowest BCUT2D eigenvalue weighted by Crippen LogP contribution is -2.37. The fourth-order valence-corrected chi connectivity index (χ4v) is 3.54. The fourth-order valence-electron chi connectivity index (χ4n) is 3.27. The Morgan fingerprint density at radius 1 is 0.815 bits per heavy atom. The Bertz CT molecular complexity index is 1010. The molecule has 1 heterocycles. The lowest BCUT2D eigenvalue weighted by molar-refractivity contribution is -0.115. The average molecular weight is 416 g/mol. The van der Waals surface area contributed by atoms with E-state index in [0.29, 0.717) is 5.57 Å². The van der Waals surface area contributed by atoms with Crippen LogP contribution in [0, 0.1) is 0 Å². The predicted octanol–water partition coefficient (Wildman–Crippen LogP) is 5.57. The van der Waals surface area contributed by atoms with Gasteiger partial charge in [0, 0.05) is 10.0 Å². The first-order chi connectivity index (χ1) is 13.2. The highest BCUT2D eigenvalue weighted by molar-refractivity contribution is 9.10. The number of halogens is 1. The topological polar surface area (TPSA) is 29.1 Å². The summed E-state index contributed by atoms with van der Waals surface area (Å²) < 4.78 is 1.04. The molecule has 0 aromatic heterocycles. The zero-order valence-corrected chi connectivity index (χ0v) is 16.2. The minimum Gasteiger partial charge on any atom is -0.335 e. The molecule has 2 nitrogen and oxygen atoms in total. The van der Waals surface area contributed by atoms with Crippen molar-refractivity contribution in [1.29, 1.82) is 0 Å². The summed E-state index contributed by atoms with van der Waals surface area (Å²) in [5.41, 5.74) is 3.04. The van der Waals surface area contributed by atoms with Crippen molar-refractivity contribution in [2.24, 2.45) is 0 Å². The summed E-state index contributed by atoms with van der Waals surface area (Å²) in [6.07, 6.45) is 6.12. The minimum absolute atomic E-state index is 0.0643. The number of hydrogen-bond acceptors (Lipinski definition) is 1. The number of rotatable bonds is 4. The van der Waals surface area contributed by atoms with E-state index in [-0.39, 0.29) is 5.91 Å². The maximum atomic E-state index is 12.8. The highest BCUT2D eigenvalue weighted by atomic mass is 79.9. The first kappa shape index (κ1) is 17.5. The van der Waals surface area contributed by atoms with Crippen molar-refractivity contribution in [3.05, 3.63) is 118 Å².